The number of aliphatic carboxylic acids is 1. The minimum atomic E-state index is -0.893. The minimum Gasteiger partial charge on any atom is -0.480 e. The lowest BCUT2D eigenvalue weighted by molar-refractivity contribution is -0.138. The molecule has 7 heteroatoms. The van der Waals surface area contributed by atoms with E-state index in [1.54, 1.807) is 36.5 Å². The molecule has 0 saturated carbocycles. The number of ether oxygens (including phenoxy) is 1. The molecule has 0 unspecified atom stereocenters. The van der Waals surface area contributed by atoms with Crippen LogP contribution in [0.3, 0.4) is 0 Å². The third-order valence-electron chi connectivity index (χ3n) is 2.68. The third kappa shape index (κ3) is 3.94. The second-order valence-corrected chi connectivity index (χ2v) is 4.26. The van der Waals surface area contributed by atoms with Crippen molar-refractivity contribution in [2.45, 2.75) is 6.54 Å². The van der Waals surface area contributed by atoms with Gasteiger partial charge in [-0.25, -0.2) is 0 Å². The summed E-state index contributed by atoms with van der Waals surface area (Å²) >= 11 is 0. The summed E-state index contributed by atoms with van der Waals surface area (Å²) in [5.41, 5.74) is 0.647. The van der Waals surface area contributed by atoms with Gasteiger partial charge in [-0.3, -0.25) is 9.69 Å². The number of nitrogens with zero attached hydrogens (tertiary/aromatic N) is 2. The SMILES string of the molecule is COCCN(CC(=O)O)Cc1cc(-c2ccco2)on1. The van der Waals surface area contributed by atoms with Crippen LogP contribution in [0.4, 0.5) is 0 Å². The van der Waals surface area contributed by atoms with Gasteiger partial charge in [-0.15, -0.1) is 0 Å². The van der Waals surface area contributed by atoms with Crippen molar-refractivity contribution >= 4 is 5.97 Å². The molecule has 0 atom stereocenters. The zero-order chi connectivity index (χ0) is 14.4. The van der Waals surface area contributed by atoms with E-state index in [1.807, 2.05) is 0 Å². The lowest BCUT2D eigenvalue weighted by Gasteiger charge is -2.17. The van der Waals surface area contributed by atoms with Crippen LogP contribution in [0.2, 0.25) is 0 Å². The van der Waals surface area contributed by atoms with E-state index in [9.17, 15) is 4.79 Å². The number of rotatable bonds is 8. The molecule has 0 aliphatic heterocycles. The number of hydrogen-bond acceptors (Lipinski definition) is 6. The monoisotopic (exact) mass is 280 g/mol. The molecule has 0 spiro atoms. The van der Waals surface area contributed by atoms with Gasteiger partial charge in [0.2, 0.25) is 5.76 Å². The Morgan fingerprint density at radius 1 is 1.50 bits per heavy atom. The van der Waals surface area contributed by atoms with Crippen molar-refractivity contribution in [3.63, 3.8) is 0 Å². The molecule has 1 N–H and O–H groups in total. The summed E-state index contributed by atoms with van der Waals surface area (Å²) in [4.78, 5) is 12.5. The third-order valence-corrected chi connectivity index (χ3v) is 2.68. The second kappa shape index (κ2) is 6.88. The largest absolute Gasteiger partial charge is 0.480 e. The summed E-state index contributed by atoms with van der Waals surface area (Å²) < 4.78 is 15.3. The molecule has 7 nitrogen and oxygen atoms in total. The van der Waals surface area contributed by atoms with Crippen LogP contribution in [-0.2, 0) is 16.1 Å². The van der Waals surface area contributed by atoms with Gasteiger partial charge in [0.1, 0.15) is 0 Å². The van der Waals surface area contributed by atoms with Crippen molar-refractivity contribution in [3.05, 3.63) is 30.2 Å². The molecule has 0 aromatic carbocycles. The molecule has 0 amide bonds. The van der Waals surface area contributed by atoms with E-state index in [0.29, 0.717) is 36.9 Å². The van der Waals surface area contributed by atoms with Gasteiger partial charge in [0, 0.05) is 26.3 Å². The molecule has 20 heavy (non-hydrogen) atoms. The predicted molar refractivity (Wildman–Crippen MR) is 69.0 cm³/mol. The smallest absolute Gasteiger partial charge is 0.317 e. The van der Waals surface area contributed by atoms with Gasteiger partial charge in [0.05, 0.1) is 25.1 Å². The maximum absolute atomic E-state index is 10.8. The van der Waals surface area contributed by atoms with Crippen LogP contribution in [0.1, 0.15) is 5.69 Å². The molecule has 2 aromatic heterocycles. The van der Waals surface area contributed by atoms with Crippen LogP contribution in [0.25, 0.3) is 11.5 Å². The summed E-state index contributed by atoms with van der Waals surface area (Å²) in [6, 6.07) is 5.26. The van der Waals surface area contributed by atoms with Gasteiger partial charge in [0.15, 0.2) is 5.76 Å². The molecule has 2 rings (SSSR count). The maximum Gasteiger partial charge on any atom is 0.317 e. The summed E-state index contributed by atoms with van der Waals surface area (Å²) in [7, 11) is 1.57. The van der Waals surface area contributed by atoms with Gasteiger partial charge in [0.25, 0.3) is 0 Å². The van der Waals surface area contributed by atoms with Crippen LogP contribution in [0.15, 0.2) is 33.4 Å². The standard InChI is InChI=1S/C13H16N2O5/c1-18-6-4-15(9-13(16)17)8-10-7-12(20-14-10)11-3-2-5-19-11/h2-3,5,7H,4,6,8-9H2,1H3,(H,16,17). The molecular formula is C13H16N2O5. The first-order chi connectivity index (χ1) is 9.69. The van der Waals surface area contributed by atoms with E-state index < -0.39 is 5.97 Å². The first-order valence-corrected chi connectivity index (χ1v) is 6.11. The molecule has 0 aliphatic carbocycles. The molecule has 108 valence electrons. The van der Waals surface area contributed by atoms with E-state index >= 15 is 0 Å². The van der Waals surface area contributed by atoms with Crippen molar-refractivity contribution in [1.82, 2.24) is 10.1 Å². The fourth-order valence-corrected chi connectivity index (χ4v) is 1.78. The quantitative estimate of drug-likeness (QED) is 0.783. The zero-order valence-electron chi connectivity index (χ0n) is 11.1. The summed E-state index contributed by atoms with van der Waals surface area (Å²) in [6.45, 7) is 1.26. The minimum absolute atomic E-state index is 0.0771. The maximum atomic E-state index is 10.8. The molecule has 0 radical (unpaired) electrons. The van der Waals surface area contributed by atoms with E-state index in [-0.39, 0.29) is 6.54 Å². The Kier molecular flexibility index (Phi) is 4.91. The lowest BCUT2D eigenvalue weighted by Crippen LogP contribution is -2.32. The molecule has 0 saturated heterocycles. The van der Waals surface area contributed by atoms with Crippen molar-refractivity contribution in [1.29, 1.82) is 0 Å². The lowest BCUT2D eigenvalue weighted by atomic mass is 10.3. The first-order valence-electron chi connectivity index (χ1n) is 6.11. The topological polar surface area (TPSA) is 88.9 Å². The van der Waals surface area contributed by atoms with Crippen LogP contribution in [-0.4, -0.2) is 47.9 Å². The van der Waals surface area contributed by atoms with Gasteiger partial charge >= 0.3 is 5.97 Å². The molecule has 0 bridgehead atoms. The average Bonchev–Trinajstić information content (AvgIpc) is 3.05. The van der Waals surface area contributed by atoms with Crippen LogP contribution < -0.4 is 0 Å². The van der Waals surface area contributed by atoms with Gasteiger partial charge in [-0.05, 0) is 12.1 Å². The number of carbonyl (C=O) groups is 1. The average molecular weight is 280 g/mol. The second-order valence-electron chi connectivity index (χ2n) is 4.26. The summed E-state index contributed by atoms with van der Waals surface area (Å²) in [5.74, 6) is 0.216. The zero-order valence-corrected chi connectivity index (χ0v) is 11.1. The number of carboxylic acids is 1. The molecular weight excluding hydrogens is 264 g/mol. The molecule has 0 aliphatic rings. The van der Waals surface area contributed by atoms with Gasteiger partial charge in [-0.1, -0.05) is 5.16 Å². The van der Waals surface area contributed by atoms with E-state index in [2.05, 4.69) is 5.16 Å². The Balaban J connectivity index is 2.00. The van der Waals surface area contributed by atoms with Crippen molar-refractivity contribution in [3.8, 4) is 11.5 Å². The van der Waals surface area contributed by atoms with Crippen molar-refractivity contribution in [2.24, 2.45) is 0 Å². The van der Waals surface area contributed by atoms with Crippen molar-refractivity contribution < 1.29 is 23.6 Å². The highest BCUT2D eigenvalue weighted by Crippen LogP contribution is 2.21. The van der Waals surface area contributed by atoms with E-state index in [4.69, 9.17) is 18.8 Å². The predicted octanol–water partition coefficient (Wildman–Crippen LogP) is 1.47. The van der Waals surface area contributed by atoms with Crippen LogP contribution in [0, 0.1) is 0 Å². The number of furan rings is 1. The number of aromatic nitrogens is 1. The van der Waals surface area contributed by atoms with Gasteiger partial charge in [-0.2, -0.15) is 0 Å². The summed E-state index contributed by atoms with van der Waals surface area (Å²) in [6.07, 6.45) is 1.55. The fourth-order valence-electron chi connectivity index (χ4n) is 1.78. The van der Waals surface area contributed by atoms with Gasteiger partial charge < -0.3 is 18.8 Å². The molecule has 2 heterocycles. The van der Waals surface area contributed by atoms with E-state index in [1.165, 1.54) is 0 Å². The Hall–Kier alpha value is -2.12. The normalized spacial score (nSPS) is 11.1. The highest BCUT2D eigenvalue weighted by molar-refractivity contribution is 5.69. The highest BCUT2D eigenvalue weighted by atomic mass is 16.5. The van der Waals surface area contributed by atoms with E-state index in [0.717, 1.165) is 0 Å². The number of carboxylic acid groups (broad SMARTS) is 1. The van der Waals surface area contributed by atoms with Crippen molar-refractivity contribution in [2.75, 3.05) is 26.8 Å². The number of methoxy groups -OCH3 is 1. The van der Waals surface area contributed by atoms with Crippen LogP contribution in [0.5, 0.6) is 0 Å². The molecule has 2 aromatic rings. The first kappa shape index (κ1) is 14.3. The Morgan fingerprint density at radius 3 is 3.00 bits per heavy atom. The Bertz CT molecular complexity index is 535. The fraction of sp³-hybridized carbons (Fsp3) is 0.385. The molecule has 0 fully saturated rings. The highest BCUT2D eigenvalue weighted by Gasteiger charge is 2.14. The Morgan fingerprint density at radius 2 is 2.35 bits per heavy atom. The number of hydrogen-bond donors (Lipinski definition) is 1. The van der Waals surface area contributed by atoms with Crippen LogP contribution >= 0.6 is 0 Å². The Labute approximate surface area is 115 Å². The summed E-state index contributed by atoms with van der Waals surface area (Å²) in [5, 5.41) is 12.8.